The van der Waals surface area contributed by atoms with Gasteiger partial charge in [0.25, 0.3) is 0 Å². The molecular weight excluding hydrogens is 280 g/mol. The van der Waals surface area contributed by atoms with Crippen LogP contribution in [0.4, 0.5) is 0 Å². The average Bonchev–Trinajstić information content (AvgIpc) is 2.18. The molecule has 0 saturated heterocycles. The Morgan fingerprint density at radius 3 is 1.24 bits per heavy atom. The van der Waals surface area contributed by atoms with Crippen LogP contribution in [0.2, 0.25) is 0 Å². The largest absolute Gasteiger partial charge is 0.382 e. The van der Waals surface area contributed by atoms with Crippen LogP contribution in [0.15, 0.2) is 0 Å². The molecule has 0 aliphatic heterocycles. The van der Waals surface area contributed by atoms with Gasteiger partial charge in [-0.05, 0) is 13.8 Å². The molecule has 6 nitrogen and oxygen atoms in total. The van der Waals surface area contributed by atoms with Crippen molar-refractivity contribution in [1.29, 1.82) is 0 Å². The predicted octanol–water partition coefficient (Wildman–Crippen LogP) is -0.0271. The molecule has 0 aliphatic carbocycles. The number of methoxy groups -OCH3 is 2. The molecule has 1 radical (unpaired) electrons. The van der Waals surface area contributed by atoms with Crippen molar-refractivity contribution in [2.75, 3.05) is 40.6 Å². The molecule has 0 heterocycles. The molecule has 0 aromatic carbocycles. The maximum absolute atomic E-state index is 8.50. The Morgan fingerprint density at radius 2 is 1.06 bits per heavy atom. The van der Waals surface area contributed by atoms with E-state index >= 15 is 0 Å². The first kappa shape index (κ1) is 22.5. The standard InChI is InChI=1S/2C5H12O3.Cu/c2*1-5(6)8-4-3-7-2;/h2*5-6H,3-4H2,1-2H3;. The van der Waals surface area contributed by atoms with Crippen molar-refractivity contribution in [2.45, 2.75) is 26.4 Å². The fraction of sp³-hybridized carbons (Fsp3) is 1.00. The van der Waals surface area contributed by atoms with E-state index in [2.05, 4.69) is 9.47 Å². The zero-order chi connectivity index (χ0) is 12.8. The number of aliphatic hydroxyl groups excluding tert-OH is 2. The van der Waals surface area contributed by atoms with Crippen LogP contribution in [0.3, 0.4) is 0 Å². The van der Waals surface area contributed by atoms with Crippen LogP contribution in [-0.4, -0.2) is 63.4 Å². The van der Waals surface area contributed by atoms with Gasteiger partial charge in [-0.2, -0.15) is 0 Å². The summed E-state index contributed by atoms with van der Waals surface area (Å²) in [7, 11) is 3.18. The van der Waals surface area contributed by atoms with E-state index in [0.29, 0.717) is 26.4 Å². The van der Waals surface area contributed by atoms with E-state index in [9.17, 15) is 0 Å². The first-order valence-electron chi connectivity index (χ1n) is 5.11. The van der Waals surface area contributed by atoms with Gasteiger partial charge in [0.05, 0.1) is 26.4 Å². The molecule has 111 valence electrons. The van der Waals surface area contributed by atoms with Crippen molar-refractivity contribution in [3.63, 3.8) is 0 Å². The topological polar surface area (TPSA) is 77.4 Å². The number of rotatable bonds is 8. The second kappa shape index (κ2) is 18.6. The third-order valence-electron chi connectivity index (χ3n) is 1.29. The van der Waals surface area contributed by atoms with Crippen molar-refractivity contribution in [1.82, 2.24) is 0 Å². The molecule has 0 spiro atoms. The van der Waals surface area contributed by atoms with Crippen molar-refractivity contribution >= 4 is 0 Å². The molecule has 0 aromatic rings. The summed E-state index contributed by atoms with van der Waals surface area (Å²) >= 11 is 0. The van der Waals surface area contributed by atoms with Gasteiger partial charge in [0.2, 0.25) is 0 Å². The summed E-state index contributed by atoms with van der Waals surface area (Å²) in [5.41, 5.74) is 0. The maximum Gasteiger partial charge on any atom is 0.151 e. The van der Waals surface area contributed by atoms with Crippen molar-refractivity contribution in [2.24, 2.45) is 0 Å². The van der Waals surface area contributed by atoms with Crippen LogP contribution < -0.4 is 0 Å². The fourth-order valence-electron chi connectivity index (χ4n) is 0.604. The minimum absolute atomic E-state index is 0. The van der Waals surface area contributed by atoms with Gasteiger partial charge in [0, 0.05) is 31.3 Å². The summed E-state index contributed by atoms with van der Waals surface area (Å²) in [6.07, 6.45) is -1.35. The summed E-state index contributed by atoms with van der Waals surface area (Å²) in [6.45, 7) is 5.10. The van der Waals surface area contributed by atoms with E-state index in [1.54, 1.807) is 28.1 Å². The van der Waals surface area contributed by atoms with Crippen molar-refractivity contribution < 1.29 is 46.2 Å². The normalized spacial score (nSPS) is 13.1. The van der Waals surface area contributed by atoms with Crippen LogP contribution in [0.5, 0.6) is 0 Å². The molecule has 0 rings (SSSR count). The molecule has 7 heteroatoms. The molecule has 0 amide bonds. The molecule has 2 N–H and O–H groups in total. The third kappa shape index (κ3) is 31.4. The van der Waals surface area contributed by atoms with Crippen LogP contribution in [0.1, 0.15) is 13.8 Å². The van der Waals surface area contributed by atoms with Gasteiger partial charge in [0.1, 0.15) is 0 Å². The SMILES string of the molecule is COCCOC(C)O.COCCOC(C)O.[Cu]. The molecule has 0 aromatic heterocycles. The van der Waals surface area contributed by atoms with Gasteiger partial charge in [-0.15, -0.1) is 0 Å². The Kier molecular flexibility index (Phi) is 24.6. The van der Waals surface area contributed by atoms with E-state index in [4.69, 9.17) is 19.7 Å². The van der Waals surface area contributed by atoms with E-state index in [-0.39, 0.29) is 17.1 Å². The van der Waals surface area contributed by atoms with Crippen LogP contribution in [-0.2, 0) is 36.0 Å². The van der Waals surface area contributed by atoms with Crippen molar-refractivity contribution in [3.05, 3.63) is 0 Å². The summed E-state index contributed by atoms with van der Waals surface area (Å²) < 4.78 is 18.7. The predicted molar refractivity (Wildman–Crippen MR) is 59.0 cm³/mol. The van der Waals surface area contributed by atoms with E-state index < -0.39 is 12.6 Å². The molecule has 17 heavy (non-hydrogen) atoms. The quantitative estimate of drug-likeness (QED) is 0.373. The Morgan fingerprint density at radius 1 is 0.765 bits per heavy atom. The molecule has 0 saturated carbocycles. The Balaban J connectivity index is -0.000000218. The molecular formula is C10H24CuO6. The summed E-state index contributed by atoms with van der Waals surface area (Å²) in [6, 6.07) is 0. The Labute approximate surface area is 114 Å². The van der Waals surface area contributed by atoms with Crippen LogP contribution in [0, 0.1) is 0 Å². The van der Waals surface area contributed by atoms with Gasteiger partial charge >= 0.3 is 0 Å². The van der Waals surface area contributed by atoms with Crippen LogP contribution in [0.25, 0.3) is 0 Å². The minimum Gasteiger partial charge on any atom is -0.382 e. The van der Waals surface area contributed by atoms with Crippen molar-refractivity contribution in [3.8, 4) is 0 Å². The molecule has 2 atom stereocenters. The number of hydrogen-bond donors (Lipinski definition) is 2. The molecule has 0 fully saturated rings. The third-order valence-corrected chi connectivity index (χ3v) is 1.29. The molecule has 0 bridgehead atoms. The fourth-order valence-corrected chi connectivity index (χ4v) is 0.604. The van der Waals surface area contributed by atoms with Gasteiger partial charge in [-0.1, -0.05) is 0 Å². The average molecular weight is 304 g/mol. The summed E-state index contributed by atoms with van der Waals surface area (Å²) in [4.78, 5) is 0. The van der Waals surface area contributed by atoms with E-state index in [1.165, 1.54) is 0 Å². The second-order valence-corrected chi connectivity index (χ2v) is 2.93. The Bertz CT molecular complexity index is 109. The first-order chi connectivity index (χ1) is 7.54. The van der Waals surface area contributed by atoms with E-state index in [0.717, 1.165) is 0 Å². The maximum atomic E-state index is 8.50. The smallest absolute Gasteiger partial charge is 0.151 e. The van der Waals surface area contributed by atoms with E-state index in [1.807, 2.05) is 0 Å². The molecule has 0 aliphatic rings. The first-order valence-corrected chi connectivity index (χ1v) is 5.11. The summed E-state index contributed by atoms with van der Waals surface area (Å²) in [5.74, 6) is 0. The Hall–Kier alpha value is 0.279. The number of hydrogen-bond acceptors (Lipinski definition) is 6. The minimum atomic E-state index is -0.676. The van der Waals surface area contributed by atoms with Crippen LogP contribution >= 0.6 is 0 Å². The zero-order valence-electron chi connectivity index (χ0n) is 10.8. The summed E-state index contributed by atoms with van der Waals surface area (Å²) in [5, 5.41) is 17.0. The van der Waals surface area contributed by atoms with Gasteiger partial charge in [-0.25, -0.2) is 0 Å². The zero-order valence-corrected chi connectivity index (χ0v) is 11.8. The molecule has 2 unspecified atom stereocenters. The monoisotopic (exact) mass is 303 g/mol. The van der Waals surface area contributed by atoms with Gasteiger partial charge < -0.3 is 29.2 Å². The number of aliphatic hydroxyl groups is 2. The van der Waals surface area contributed by atoms with Gasteiger partial charge in [0.15, 0.2) is 12.6 Å². The van der Waals surface area contributed by atoms with Gasteiger partial charge in [-0.3, -0.25) is 0 Å². The number of ether oxygens (including phenoxy) is 4. The second-order valence-electron chi connectivity index (χ2n) is 2.93.